The van der Waals surface area contributed by atoms with Crippen LogP contribution in [-0.4, -0.2) is 47.0 Å². The van der Waals surface area contributed by atoms with Crippen LogP contribution < -0.4 is 4.90 Å². The lowest BCUT2D eigenvalue weighted by Gasteiger charge is -2.46. The van der Waals surface area contributed by atoms with E-state index >= 15 is 0 Å². The number of fused-ring (bicyclic) bond motifs is 3. The lowest BCUT2D eigenvalue weighted by molar-refractivity contribution is -0.137. The van der Waals surface area contributed by atoms with E-state index in [0.717, 1.165) is 42.5 Å². The predicted octanol–water partition coefficient (Wildman–Crippen LogP) is 5.91. The summed E-state index contributed by atoms with van der Waals surface area (Å²) in [6, 6.07) is 20.0. The molecule has 4 aromatic rings. The van der Waals surface area contributed by atoms with Crippen molar-refractivity contribution in [3.8, 4) is 11.1 Å². The summed E-state index contributed by atoms with van der Waals surface area (Å²) in [6.07, 6.45) is -1.56. The zero-order chi connectivity index (χ0) is 25.6. The molecular formula is C29H25F3N4O. The van der Waals surface area contributed by atoms with Crippen LogP contribution in [0.25, 0.3) is 22.0 Å². The summed E-state index contributed by atoms with van der Waals surface area (Å²) in [4.78, 5) is 27.1. The SMILES string of the molecule is O=C(c1ccccc1-c1cccc(C(F)(F)F)c1)N1CC2CC(C1)CN(c1ncc3ccccc3n1)C2. The molecule has 37 heavy (non-hydrogen) atoms. The van der Waals surface area contributed by atoms with E-state index in [2.05, 4.69) is 9.88 Å². The third-order valence-electron chi connectivity index (χ3n) is 7.29. The first kappa shape index (κ1) is 23.5. The van der Waals surface area contributed by atoms with Gasteiger partial charge in [0.15, 0.2) is 0 Å². The number of benzene rings is 3. The molecule has 6 rings (SSSR count). The van der Waals surface area contributed by atoms with Crippen LogP contribution in [0, 0.1) is 11.8 Å². The van der Waals surface area contributed by atoms with E-state index in [9.17, 15) is 18.0 Å². The second kappa shape index (κ2) is 9.18. The molecule has 3 aromatic carbocycles. The van der Waals surface area contributed by atoms with Crippen LogP contribution in [0.3, 0.4) is 0 Å². The molecule has 0 N–H and O–H groups in total. The molecule has 0 radical (unpaired) electrons. The van der Waals surface area contributed by atoms with Gasteiger partial charge in [0.05, 0.1) is 11.1 Å². The van der Waals surface area contributed by atoms with Crippen molar-refractivity contribution in [3.05, 3.63) is 90.1 Å². The molecule has 1 aromatic heterocycles. The zero-order valence-corrected chi connectivity index (χ0v) is 20.0. The summed E-state index contributed by atoms with van der Waals surface area (Å²) in [7, 11) is 0. The summed E-state index contributed by atoms with van der Waals surface area (Å²) in [6.45, 7) is 2.70. The summed E-state index contributed by atoms with van der Waals surface area (Å²) in [5.74, 6) is 1.11. The van der Waals surface area contributed by atoms with Crippen molar-refractivity contribution in [3.63, 3.8) is 0 Å². The average Bonchev–Trinajstić information content (AvgIpc) is 2.91. The second-order valence-electron chi connectivity index (χ2n) is 9.94. The number of rotatable bonds is 3. The Labute approximate surface area is 212 Å². The molecule has 188 valence electrons. The van der Waals surface area contributed by atoms with E-state index in [-0.39, 0.29) is 17.7 Å². The minimum atomic E-state index is -4.44. The minimum absolute atomic E-state index is 0.141. The van der Waals surface area contributed by atoms with Crippen LogP contribution >= 0.6 is 0 Å². The van der Waals surface area contributed by atoms with Gasteiger partial charge in [0.2, 0.25) is 5.95 Å². The molecule has 2 unspecified atom stereocenters. The molecule has 8 heteroatoms. The van der Waals surface area contributed by atoms with Gasteiger partial charge in [0, 0.05) is 43.3 Å². The Balaban J connectivity index is 1.22. The highest BCUT2D eigenvalue weighted by Gasteiger charge is 2.37. The highest BCUT2D eigenvalue weighted by molar-refractivity contribution is 6.01. The quantitative estimate of drug-likeness (QED) is 0.349. The van der Waals surface area contributed by atoms with Crippen molar-refractivity contribution < 1.29 is 18.0 Å². The van der Waals surface area contributed by atoms with Crippen molar-refractivity contribution in [1.29, 1.82) is 0 Å². The van der Waals surface area contributed by atoms with Gasteiger partial charge in [0.1, 0.15) is 0 Å². The van der Waals surface area contributed by atoms with E-state index in [0.29, 0.717) is 35.7 Å². The number of hydrogen-bond acceptors (Lipinski definition) is 4. The van der Waals surface area contributed by atoms with Crippen LogP contribution in [-0.2, 0) is 6.18 Å². The van der Waals surface area contributed by atoms with E-state index in [1.54, 1.807) is 30.3 Å². The van der Waals surface area contributed by atoms with Gasteiger partial charge in [0.25, 0.3) is 5.91 Å². The Bertz CT molecular complexity index is 1460. The van der Waals surface area contributed by atoms with E-state index in [1.807, 2.05) is 35.4 Å². The molecule has 2 aliphatic heterocycles. The van der Waals surface area contributed by atoms with Gasteiger partial charge in [-0.2, -0.15) is 13.2 Å². The number of hydrogen-bond donors (Lipinski definition) is 0. The normalized spacial score (nSPS) is 19.8. The summed E-state index contributed by atoms with van der Waals surface area (Å²) >= 11 is 0. The molecule has 0 aliphatic carbocycles. The summed E-state index contributed by atoms with van der Waals surface area (Å²) in [5.41, 5.74) is 1.51. The molecule has 5 nitrogen and oxygen atoms in total. The van der Waals surface area contributed by atoms with Crippen LogP contribution in [0.2, 0.25) is 0 Å². The first-order valence-corrected chi connectivity index (χ1v) is 12.4. The number of likely N-dealkylation sites (tertiary alicyclic amines) is 1. The lowest BCUT2D eigenvalue weighted by atomic mass is 9.84. The van der Waals surface area contributed by atoms with E-state index in [1.165, 1.54) is 6.07 Å². The van der Waals surface area contributed by atoms with Gasteiger partial charge in [-0.1, -0.05) is 48.5 Å². The van der Waals surface area contributed by atoms with Gasteiger partial charge in [-0.05, 0) is 53.6 Å². The molecule has 0 spiro atoms. The number of anilines is 1. The third-order valence-corrected chi connectivity index (χ3v) is 7.29. The monoisotopic (exact) mass is 502 g/mol. The highest BCUT2D eigenvalue weighted by Crippen LogP contribution is 2.35. The number of halogens is 3. The topological polar surface area (TPSA) is 49.3 Å². The number of carbonyl (C=O) groups excluding carboxylic acids is 1. The molecule has 2 atom stereocenters. The number of para-hydroxylation sites is 1. The van der Waals surface area contributed by atoms with Gasteiger partial charge in [-0.15, -0.1) is 0 Å². The zero-order valence-electron chi connectivity index (χ0n) is 20.0. The number of amides is 1. The lowest BCUT2D eigenvalue weighted by Crippen LogP contribution is -2.54. The van der Waals surface area contributed by atoms with Crippen LogP contribution in [0.5, 0.6) is 0 Å². The minimum Gasteiger partial charge on any atom is -0.340 e. The van der Waals surface area contributed by atoms with Gasteiger partial charge >= 0.3 is 6.18 Å². The molecule has 2 bridgehead atoms. The van der Waals surface area contributed by atoms with Crippen molar-refractivity contribution >= 4 is 22.8 Å². The predicted molar refractivity (Wildman–Crippen MR) is 136 cm³/mol. The smallest absolute Gasteiger partial charge is 0.340 e. The third kappa shape index (κ3) is 4.63. The average molecular weight is 503 g/mol. The van der Waals surface area contributed by atoms with Crippen LogP contribution in [0.15, 0.2) is 79.0 Å². The highest BCUT2D eigenvalue weighted by atomic mass is 19.4. The fourth-order valence-electron chi connectivity index (χ4n) is 5.68. The Morgan fingerprint density at radius 1 is 0.865 bits per heavy atom. The maximum Gasteiger partial charge on any atom is 0.416 e. The first-order valence-electron chi connectivity index (χ1n) is 12.4. The number of aromatic nitrogens is 2. The largest absolute Gasteiger partial charge is 0.416 e. The fraction of sp³-hybridized carbons (Fsp3) is 0.276. The Morgan fingerprint density at radius 3 is 2.38 bits per heavy atom. The van der Waals surface area contributed by atoms with Crippen molar-refractivity contribution in [2.75, 3.05) is 31.1 Å². The Hall–Kier alpha value is -3.94. The van der Waals surface area contributed by atoms with Crippen molar-refractivity contribution in [2.24, 2.45) is 11.8 Å². The van der Waals surface area contributed by atoms with Crippen LogP contribution in [0.1, 0.15) is 22.3 Å². The van der Waals surface area contributed by atoms with Gasteiger partial charge in [-0.3, -0.25) is 4.79 Å². The molecule has 2 fully saturated rings. The molecule has 3 heterocycles. The summed E-state index contributed by atoms with van der Waals surface area (Å²) in [5, 5.41) is 1.000. The van der Waals surface area contributed by atoms with E-state index < -0.39 is 11.7 Å². The Morgan fingerprint density at radius 2 is 1.59 bits per heavy atom. The van der Waals surface area contributed by atoms with Gasteiger partial charge < -0.3 is 9.80 Å². The maximum atomic E-state index is 13.7. The number of nitrogens with zero attached hydrogens (tertiary/aromatic N) is 4. The Kier molecular flexibility index (Phi) is 5.82. The van der Waals surface area contributed by atoms with Crippen molar-refractivity contribution in [1.82, 2.24) is 14.9 Å². The molecule has 1 amide bonds. The maximum absolute atomic E-state index is 13.7. The molecular weight excluding hydrogens is 477 g/mol. The van der Waals surface area contributed by atoms with Gasteiger partial charge in [-0.25, -0.2) is 9.97 Å². The number of piperidine rings is 2. The molecule has 0 saturated carbocycles. The second-order valence-corrected chi connectivity index (χ2v) is 9.94. The van der Waals surface area contributed by atoms with E-state index in [4.69, 9.17) is 4.98 Å². The molecule has 2 saturated heterocycles. The fourth-order valence-corrected chi connectivity index (χ4v) is 5.68. The number of alkyl halides is 3. The summed E-state index contributed by atoms with van der Waals surface area (Å²) < 4.78 is 39.9. The standard InChI is InChI=1S/C29H25F3N4O/c30-29(31,32)23-8-5-7-21(13-23)24-9-2-3-10-25(24)27(37)35-15-19-12-20(16-35)18-36(17-19)28-33-14-22-6-1-4-11-26(22)34-28/h1-11,13-14,19-20H,12,15-18H2. The first-order chi connectivity index (χ1) is 17.8. The van der Waals surface area contributed by atoms with Crippen molar-refractivity contribution in [2.45, 2.75) is 12.6 Å². The molecule has 2 aliphatic rings. The number of carbonyl (C=O) groups is 1. The van der Waals surface area contributed by atoms with Crippen LogP contribution in [0.4, 0.5) is 19.1 Å².